The van der Waals surface area contributed by atoms with Gasteiger partial charge in [0.05, 0.1) is 18.1 Å². The lowest BCUT2D eigenvalue weighted by atomic mass is 10.1. The van der Waals surface area contributed by atoms with Crippen molar-refractivity contribution in [2.45, 2.75) is 25.8 Å². The van der Waals surface area contributed by atoms with Crippen LogP contribution in [0.25, 0.3) is 0 Å². The number of carbonyl (C=O) groups excluding carboxylic acids is 1. The number of hydrogen-bond donors (Lipinski definition) is 2. The molecule has 0 aliphatic carbocycles. The van der Waals surface area contributed by atoms with Crippen molar-refractivity contribution < 1.29 is 14.5 Å². The van der Waals surface area contributed by atoms with Gasteiger partial charge in [-0.25, -0.2) is 0 Å². The topological polar surface area (TPSA) is 107 Å². The highest BCUT2D eigenvalue weighted by Crippen LogP contribution is 2.29. The first-order valence-electron chi connectivity index (χ1n) is 5.88. The zero-order valence-electron chi connectivity index (χ0n) is 10.9. The second-order valence-corrected chi connectivity index (χ2v) is 4.03. The van der Waals surface area contributed by atoms with Crippen molar-refractivity contribution in [3.63, 3.8) is 0 Å². The summed E-state index contributed by atoms with van der Waals surface area (Å²) in [6.45, 7) is 1.92. The molecule has 1 aromatic carbocycles. The Labute approximate surface area is 110 Å². The highest BCUT2D eigenvalue weighted by atomic mass is 16.6. The number of methoxy groups -OCH3 is 1. The van der Waals surface area contributed by atoms with Gasteiger partial charge in [-0.05, 0) is 18.6 Å². The van der Waals surface area contributed by atoms with Crippen LogP contribution in [-0.2, 0) is 4.79 Å². The van der Waals surface area contributed by atoms with E-state index in [2.05, 4.69) is 5.32 Å². The molecule has 1 amide bonds. The summed E-state index contributed by atoms with van der Waals surface area (Å²) in [4.78, 5) is 22.0. The number of nitrogens with one attached hydrogen (secondary N) is 1. The van der Waals surface area contributed by atoms with Crippen molar-refractivity contribution in [3.8, 4) is 5.75 Å². The van der Waals surface area contributed by atoms with E-state index >= 15 is 0 Å². The molecule has 1 unspecified atom stereocenters. The van der Waals surface area contributed by atoms with Crippen LogP contribution in [0.2, 0.25) is 0 Å². The van der Waals surface area contributed by atoms with Crippen molar-refractivity contribution in [1.82, 2.24) is 0 Å². The fourth-order valence-corrected chi connectivity index (χ4v) is 1.59. The summed E-state index contributed by atoms with van der Waals surface area (Å²) in [5.74, 6) is -0.220. The van der Waals surface area contributed by atoms with Crippen LogP contribution < -0.4 is 15.8 Å². The lowest BCUT2D eigenvalue weighted by Crippen LogP contribution is -2.35. The molecule has 0 saturated carbocycles. The third-order valence-electron chi connectivity index (χ3n) is 2.58. The van der Waals surface area contributed by atoms with E-state index in [1.54, 1.807) is 0 Å². The second kappa shape index (κ2) is 6.69. The van der Waals surface area contributed by atoms with Crippen LogP contribution in [0.15, 0.2) is 18.2 Å². The number of ether oxygens (including phenoxy) is 1. The Morgan fingerprint density at radius 1 is 1.58 bits per heavy atom. The lowest BCUT2D eigenvalue weighted by Gasteiger charge is -2.11. The first-order chi connectivity index (χ1) is 8.99. The first kappa shape index (κ1) is 14.9. The number of nitrogens with zero attached hydrogens (tertiary/aromatic N) is 1. The van der Waals surface area contributed by atoms with Gasteiger partial charge in [-0.15, -0.1) is 0 Å². The van der Waals surface area contributed by atoms with Crippen LogP contribution in [0.5, 0.6) is 5.75 Å². The van der Waals surface area contributed by atoms with E-state index < -0.39 is 11.0 Å². The van der Waals surface area contributed by atoms with Crippen LogP contribution >= 0.6 is 0 Å². The Bertz CT molecular complexity index is 476. The second-order valence-electron chi connectivity index (χ2n) is 4.03. The smallest absolute Gasteiger partial charge is 0.312 e. The number of nitrogens with two attached hydrogens (primary N) is 1. The minimum atomic E-state index is -0.619. The molecule has 0 saturated heterocycles. The zero-order chi connectivity index (χ0) is 14.4. The van der Waals surface area contributed by atoms with Crippen molar-refractivity contribution in [3.05, 3.63) is 28.3 Å². The normalized spacial score (nSPS) is 11.7. The van der Waals surface area contributed by atoms with Gasteiger partial charge in [0, 0.05) is 11.8 Å². The first-order valence-corrected chi connectivity index (χ1v) is 5.88. The summed E-state index contributed by atoms with van der Waals surface area (Å²) in [6, 6.07) is 3.59. The van der Waals surface area contributed by atoms with Crippen LogP contribution in [0, 0.1) is 10.1 Å². The van der Waals surface area contributed by atoms with E-state index in [9.17, 15) is 14.9 Å². The van der Waals surface area contributed by atoms with Gasteiger partial charge in [-0.3, -0.25) is 14.9 Å². The van der Waals surface area contributed by atoms with Gasteiger partial charge < -0.3 is 15.8 Å². The molecule has 104 valence electrons. The average molecular weight is 267 g/mol. The number of nitro groups is 1. The summed E-state index contributed by atoms with van der Waals surface area (Å²) in [5.41, 5.74) is 5.78. The van der Waals surface area contributed by atoms with Crippen molar-refractivity contribution in [2.24, 2.45) is 5.73 Å². The zero-order valence-corrected chi connectivity index (χ0v) is 10.9. The largest absolute Gasteiger partial charge is 0.490 e. The summed E-state index contributed by atoms with van der Waals surface area (Å²) in [7, 11) is 1.34. The predicted molar refractivity (Wildman–Crippen MR) is 71.2 cm³/mol. The quantitative estimate of drug-likeness (QED) is 0.602. The van der Waals surface area contributed by atoms with Gasteiger partial charge >= 0.3 is 5.69 Å². The summed E-state index contributed by atoms with van der Waals surface area (Å²) in [5, 5.41) is 13.4. The molecule has 0 aromatic heterocycles. The number of amides is 1. The molecule has 0 bridgehead atoms. The Kier molecular flexibility index (Phi) is 5.25. The van der Waals surface area contributed by atoms with Gasteiger partial charge in [0.15, 0.2) is 5.75 Å². The predicted octanol–water partition coefficient (Wildman–Crippen LogP) is 1.67. The maximum absolute atomic E-state index is 11.7. The average Bonchev–Trinajstić information content (AvgIpc) is 2.38. The van der Waals surface area contributed by atoms with E-state index in [1.165, 1.54) is 25.3 Å². The molecule has 0 heterocycles. The molecule has 19 heavy (non-hydrogen) atoms. The number of nitro benzene ring substituents is 1. The van der Waals surface area contributed by atoms with Crippen molar-refractivity contribution in [1.29, 1.82) is 0 Å². The molecule has 0 fully saturated rings. The number of carbonyl (C=O) groups is 1. The van der Waals surface area contributed by atoms with Gasteiger partial charge in [-0.1, -0.05) is 13.3 Å². The molecular formula is C12H17N3O4. The molecule has 1 atom stereocenters. The van der Waals surface area contributed by atoms with Crippen LogP contribution in [0.4, 0.5) is 11.4 Å². The molecule has 7 nitrogen and oxygen atoms in total. The van der Waals surface area contributed by atoms with Gasteiger partial charge in [0.1, 0.15) is 0 Å². The summed E-state index contributed by atoms with van der Waals surface area (Å²) < 4.78 is 4.87. The number of rotatable bonds is 6. The van der Waals surface area contributed by atoms with E-state index in [1.807, 2.05) is 6.92 Å². The fourth-order valence-electron chi connectivity index (χ4n) is 1.59. The Morgan fingerprint density at radius 3 is 2.79 bits per heavy atom. The third kappa shape index (κ3) is 3.92. The fraction of sp³-hybridized carbons (Fsp3) is 0.417. The van der Waals surface area contributed by atoms with Crippen molar-refractivity contribution >= 4 is 17.3 Å². The highest BCUT2D eigenvalue weighted by Gasteiger charge is 2.17. The SMILES string of the molecule is CCCC(N)C(=O)Nc1ccc(OC)c([N+](=O)[O-])c1. The molecule has 3 N–H and O–H groups in total. The minimum absolute atomic E-state index is 0.140. The molecule has 1 rings (SSSR count). The molecule has 1 aromatic rings. The van der Waals surface area contributed by atoms with E-state index in [0.29, 0.717) is 12.1 Å². The molecule has 0 aliphatic heterocycles. The van der Waals surface area contributed by atoms with Crippen molar-refractivity contribution in [2.75, 3.05) is 12.4 Å². The van der Waals surface area contributed by atoms with Crippen LogP contribution in [-0.4, -0.2) is 24.0 Å². The number of benzene rings is 1. The molecular weight excluding hydrogens is 250 g/mol. The Hall–Kier alpha value is -2.15. The molecule has 0 aliphatic rings. The third-order valence-corrected chi connectivity index (χ3v) is 2.58. The Morgan fingerprint density at radius 2 is 2.26 bits per heavy atom. The van der Waals surface area contributed by atoms with Gasteiger partial charge in [-0.2, -0.15) is 0 Å². The standard InChI is InChI=1S/C12H17N3O4/c1-3-4-9(13)12(16)14-8-5-6-11(19-2)10(7-8)15(17)18/h5-7,9H,3-4,13H2,1-2H3,(H,14,16). The number of hydrogen-bond acceptors (Lipinski definition) is 5. The monoisotopic (exact) mass is 267 g/mol. The highest BCUT2D eigenvalue weighted by molar-refractivity contribution is 5.95. The molecule has 0 radical (unpaired) electrons. The van der Waals surface area contributed by atoms with Crippen LogP contribution in [0.1, 0.15) is 19.8 Å². The molecule has 0 spiro atoms. The summed E-state index contributed by atoms with van der Waals surface area (Å²) >= 11 is 0. The maximum atomic E-state index is 11.7. The van der Waals surface area contributed by atoms with Gasteiger partial charge in [0.25, 0.3) is 0 Å². The van der Waals surface area contributed by atoms with Crippen LogP contribution in [0.3, 0.4) is 0 Å². The van der Waals surface area contributed by atoms with E-state index in [4.69, 9.17) is 10.5 Å². The lowest BCUT2D eigenvalue weighted by molar-refractivity contribution is -0.385. The van der Waals surface area contributed by atoms with Gasteiger partial charge in [0.2, 0.25) is 5.91 Å². The Balaban J connectivity index is 2.88. The molecule has 7 heteroatoms. The summed E-state index contributed by atoms with van der Waals surface area (Å²) in [6.07, 6.45) is 1.35. The number of anilines is 1. The van der Waals surface area contributed by atoms with E-state index in [-0.39, 0.29) is 17.3 Å². The minimum Gasteiger partial charge on any atom is -0.490 e. The maximum Gasteiger partial charge on any atom is 0.312 e. The van der Waals surface area contributed by atoms with E-state index in [0.717, 1.165) is 6.42 Å².